The Balaban J connectivity index is 1.96. The van der Waals surface area contributed by atoms with Crippen LogP contribution in [0.3, 0.4) is 0 Å². The second kappa shape index (κ2) is 6.91. The Morgan fingerprint density at radius 1 is 1.10 bits per heavy atom. The molecule has 106 valence electrons. The maximum Gasteiger partial charge on any atom is 0.129 e. The van der Waals surface area contributed by atoms with Crippen molar-refractivity contribution in [1.29, 1.82) is 0 Å². The molecular formula is C17H20BrNO. The molecule has 0 heterocycles. The van der Waals surface area contributed by atoms with E-state index in [0.29, 0.717) is 6.04 Å². The fourth-order valence-corrected chi connectivity index (χ4v) is 2.52. The van der Waals surface area contributed by atoms with Crippen molar-refractivity contribution in [2.45, 2.75) is 32.9 Å². The lowest BCUT2D eigenvalue weighted by atomic mass is 10.0. The van der Waals surface area contributed by atoms with Gasteiger partial charge in [0.15, 0.2) is 0 Å². The van der Waals surface area contributed by atoms with Crippen LogP contribution in [0.5, 0.6) is 5.75 Å². The van der Waals surface area contributed by atoms with Gasteiger partial charge in [0.2, 0.25) is 0 Å². The van der Waals surface area contributed by atoms with Gasteiger partial charge < -0.3 is 10.4 Å². The lowest BCUT2D eigenvalue weighted by Gasteiger charge is -2.15. The molecule has 0 aliphatic carbocycles. The quantitative estimate of drug-likeness (QED) is 0.840. The van der Waals surface area contributed by atoms with Gasteiger partial charge in [-0.3, -0.25) is 0 Å². The van der Waals surface area contributed by atoms with Crippen LogP contribution in [0.15, 0.2) is 46.9 Å². The van der Waals surface area contributed by atoms with E-state index >= 15 is 0 Å². The molecule has 0 aromatic heterocycles. The molecule has 2 rings (SSSR count). The fourth-order valence-electron chi connectivity index (χ4n) is 2.09. The van der Waals surface area contributed by atoms with Crippen LogP contribution in [0, 0.1) is 0 Å². The molecule has 0 spiro atoms. The Bertz CT molecular complexity index is 566. The van der Waals surface area contributed by atoms with E-state index in [9.17, 15) is 5.11 Å². The second-order valence-corrected chi connectivity index (χ2v) is 5.84. The van der Waals surface area contributed by atoms with Crippen molar-refractivity contribution in [3.63, 3.8) is 0 Å². The van der Waals surface area contributed by atoms with Crippen LogP contribution in [-0.4, -0.2) is 5.11 Å². The summed E-state index contributed by atoms with van der Waals surface area (Å²) in [6.07, 6.45) is 1.07. The molecule has 0 fully saturated rings. The molecule has 1 unspecified atom stereocenters. The van der Waals surface area contributed by atoms with Gasteiger partial charge in [-0.05, 0) is 58.1 Å². The molecule has 0 saturated heterocycles. The molecule has 0 amide bonds. The summed E-state index contributed by atoms with van der Waals surface area (Å²) >= 11 is 3.34. The zero-order valence-electron chi connectivity index (χ0n) is 11.9. The van der Waals surface area contributed by atoms with Crippen molar-refractivity contribution in [2.24, 2.45) is 0 Å². The van der Waals surface area contributed by atoms with Crippen molar-refractivity contribution >= 4 is 15.9 Å². The molecule has 0 radical (unpaired) electrons. The number of hydrogen-bond donors (Lipinski definition) is 2. The van der Waals surface area contributed by atoms with Gasteiger partial charge in [-0.15, -0.1) is 0 Å². The number of aromatic hydroxyl groups is 1. The van der Waals surface area contributed by atoms with Crippen LogP contribution >= 0.6 is 15.9 Å². The third kappa shape index (κ3) is 3.84. The van der Waals surface area contributed by atoms with Crippen molar-refractivity contribution in [2.75, 3.05) is 0 Å². The largest absolute Gasteiger partial charge is 0.507 e. The van der Waals surface area contributed by atoms with Crippen molar-refractivity contribution in [1.82, 2.24) is 5.32 Å². The number of hydrogen-bond acceptors (Lipinski definition) is 2. The number of benzene rings is 2. The summed E-state index contributed by atoms with van der Waals surface area (Å²) < 4.78 is 0.733. The number of halogens is 1. The maximum absolute atomic E-state index is 9.48. The first-order valence-corrected chi connectivity index (χ1v) is 7.69. The Morgan fingerprint density at radius 3 is 2.35 bits per heavy atom. The highest BCUT2D eigenvalue weighted by molar-refractivity contribution is 9.10. The second-order valence-electron chi connectivity index (χ2n) is 4.98. The van der Waals surface area contributed by atoms with Crippen LogP contribution in [-0.2, 0) is 13.0 Å². The molecule has 0 saturated carbocycles. The zero-order chi connectivity index (χ0) is 14.5. The average Bonchev–Trinajstić information content (AvgIpc) is 2.48. The minimum atomic E-state index is 0.275. The van der Waals surface area contributed by atoms with Gasteiger partial charge in [0.05, 0.1) is 4.47 Å². The van der Waals surface area contributed by atoms with Gasteiger partial charge in [-0.25, -0.2) is 0 Å². The third-order valence-electron chi connectivity index (χ3n) is 3.51. The van der Waals surface area contributed by atoms with E-state index in [-0.39, 0.29) is 5.75 Å². The van der Waals surface area contributed by atoms with Gasteiger partial charge in [-0.2, -0.15) is 0 Å². The van der Waals surface area contributed by atoms with Crippen molar-refractivity contribution in [3.8, 4) is 5.75 Å². The average molecular weight is 334 g/mol. The van der Waals surface area contributed by atoms with Crippen LogP contribution in [0.2, 0.25) is 0 Å². The summed E-state index contributed by atoms with van der Waals surface area (Å²) in [5.41, 5.74) is 3.80. The first-order valence-electron chi connectivity index (χ1n) is 6.89. The molecule has 0 bridgehead atoms. The van der Waals surface area contributed by atoms with Crippen molar-refractivity contribution < 1.29 is 5.11 Å². The minimum absolute atomic E-state index is 0.275. The fraction of sp³-hybridized carbons (Fsp3) is 0.294. The van der Waals surface area contributed by atoms with Gasteiger partial charge in [0.1, 0.15) is 5.75 Å². The van der Waals surface area contributed by atoms with Gasteiger partial charge in [-0.1, -0.05) is 37.3 Å². The van der Waals surface area contributed by atoms with Crippen molar-refractivity contribution in [3.05, 3.63) is 63.6 Å². The Labute approximate surface area is 129 Å². The Morgan fingerprint density at radius 2 is 1.75 bits per heavy atom. The van der Waals surface area contributed by atoms with Gasteiger partial charge >= 0.3 is 0 Å². The summed E-state index contributed by atoms with van der Waals surface area (Å²) in [4.78, 5) is 0. The van der Waals surface area contributed by atoms with Crippen LogP contribution in [0.1, 0.15) is 36.6 Å². The molecule has 1 atom stereocenters. The van der Waals surface area contributed by atoms with Crippen LogP contribution in [0.25, 0.3) is 0 Å². The van der Waals surface area contributed by atoms with E-state index in [0.717, 1.165) is 23.0 Å². The standard InChI is InChI=1S/C17H20BrNO/c1-3-13-4-7-15(8-5-13)12(2)19-11-14-6-9-17(20)16(18)10-14/h4-10,12,19-20H,3,11H2,1-2H3. The van der Waals surface area contributed by atoms with Crippen LogP contribution in [0.4, 0.5) is 0 Å². The molecule has 2 N–H and O–H groups in total. The topological polar surface area (TPSA) is 32.3 Å². The summed E-state index contributed by atoms with van der Waals surface area (Å²) in [6, 6.07) is 14.6. The Hall–Kier alpha value is -1.32. The SMILES string of the molecule is CCc1ccc(C(C)NCc2ccc(O)c(Br)c2)cc1. The summed E-state index contributed by atoms with van der Waals surface area (Å²) in [7, 11) is 0. The maximum atomic E-state index is 9.48. The normalized spacial score (nSPS) is 12.3. The number of aryl methyl sites for hydroxylation is 1. The molecule has 3 heteroatoms. The molecule has 2 aromatic carbocycles. The first-order chi connectivity index (χ1) is 9.60. The molecular weight excluding hydrogens is 314 g/mol. The number of phenols is 1. The molecule has 0 aliphatic heterocycles. The predicted molar refractivity (Wildman–Crippen MR) is 86.9 cm³/mol. The third-order valence-corrected chi connectivity index (χ3v) is 4.15. The smallest absolute Gasteiger partial charge is 0.129 e. The number of nitrogens with one attached hydrogen (secondary N) is 1. The lowest BCUT2D eigenvalue weighted by Crippen LogP contribution is -2.18. The lowest BCUT2D eigenvalue weighted by molar-refractivity contribution is 0.471. The van der Waals surface area contributed by atoms with E-state index in [4.69, 9.17) is 0 Å². The van der Waals surface area contributed by atoms with Crippen LogP contribution < -0.4 is 5.32 Å². The highest BCUT2D eigenvalue weighted by Crippen LogP contribution is 2.24. The summed E-state index contributed by atoms with van der Waals surface area (Å²) in [5.74, 6) is 0.275. The minimum Gasteiger partial charge on any atom is -0.507 e. The van der Waals surface area contributed by atoms with E-state index < -0.39 is 0 Å². The van der Waals surface area contributed by atoms with E-state index in [1.807, 2.05) is 12.1 Å². The van der Waals surface area contributed by atoms with Gasteiger partial charge in [0, 0.05) is 12.6 Å². The number of rotatable bonds is 5. The number of phenolic OH excluding ortho intramolecular Hbond substituents is 1. The Kier molecular flexibility index (Phi) is 5.21. The zero-order valence-corrected chi connectivity index (χ0v) is 13.4. The molecule has 2 aromatic rings. The molecule has 0 aliphatic rings. The molecule has 2 nitrogen and oxygen atoms in total. The summed E-state index contributed by atoms with van der Waals surface area (Å²) in [5, 5.41) is 13.0. The van der Waals surface area contributed by atoms with Gasteiger partial charge in [0.25, 0.3) is 0 Å². The first kappa shape index (κ1) is 15.1. The van der Waals surface area contributed by atoms with E-state index in [2.05, 4.69) is 59.4 Å². The molecule has 20 heavy (non-hydrogen) atoms. The highest BCUT2D eigenvalue weighted by atomic mass is 79.9. The van der Waals surface area contributed by atoms with E-state index in [1.54, 1.807) is 6.07 Å². The monoisotopic (exact) mass is 333 g/mol. The predicted octanol–water partition coefficient (Wildman–Crippen LogP) is 4.57. The van der Waals surface area contributed by atoms with E-state index in [1.165, 1.54) is 11.1 Å². The highest BCUT2D eigenvalue weighted by Gasteiger charge is 2.06. The summed E-state index contributed by atoms with van der Waals surface area (Å²) in [6.45, 7) is 5.10.